The molecule has 0 radical (unpaired) electrons. The number of aromatic nitrogens is 3. The van der Waals surface area contributed by atoms with Gasteiger partial charge in [-0.1, -0.05) is 35.5 Å². The summed E-state index contributed by atoms with van der Waals surface area (Å²) in [7, 11) is 0. The van der Waals surface area contributed by atoms with Gasteiger partial charge in [0.25, 0.3) is 5.69 Å². The Morgan fingerprint density at radius 2 is 2.00 bits per heavy atom. The van der Waals surface area contributed by atoms with Crippen LogP contribution in [0.3, 0.4) is 0 Å². The molecule has 11 heteroatoms. The largest absolute Gasteiger partial charge is 0.486 e. The van der Waals surface area contributed by atoms with Crippen molar-refractivity contribution in [1.29, 1.82) is 0 Å². The molecule has 0 atom stereocenters. The number of hydrogen-bond donors (Lipinski definition) is 1. The van der Waals surface area contributed by atoms with Gasteiger partial charge in [-0.25, -0.2) is 0 Å². The molecule has 0 fully saturated rings. The van der Waals surface area contributed by atoms with Crippen LogP contribution in [0.1, 0.15) is 17.0 Å². The van der Waals surface area contributed by atoms with Crippen LogP contribution >= 0.6 is 23.4 Å². The summed E-state index contributed by atoms with van der Waals surface area (Å²) < 4.78 is 7.70. The number of amides is 1. The van der Waals surface area contributed by atoms with Gasteiger partial charge in [0.2, 0.25) is 5.91 Å². The van der Waals surface area contributed by atoms with E-state index in [1.165, 1.54) is 30.0 Å². The predicted molar refractivity (Wildman–Crippen MR) is 128 cm³/mol. The molecule has 2 aromatic carbocycles. The number of nitrogens with zero attached hydrogens (tertiary/aromatic N) is 4. The summed E-state index contributed by atoms with van der Waals surface area (Å²) in [5.74, 6) is 0.956. The monoisotopic (exact) mass is 487 g/mol. The highest BCUT2D eigenvalue weighted by molar-refractivity contribution is 7.99. The third kappa shape index (κ3) is 6.56. The normalized spacial score (nSPS) is 10.6. The molecule has 9 nitrogen and oxygen atoms in total. The number of anilines is 1. The molecule has 1 aromatic heterocycles. The number of benzene rings is 2. The summed E-state index contributed by atoms with van der Waals surface area (Å²) in [6.45, 7) is 8.42. The van der Waals surface area contributed by atoms with Gasteiger partial charge in [-0.3, -0.25) is 19.5 Å². The number of non-ortho nitro benzene ring substituents is 1. The Balaban J connectivity index is 1.65. The van der Waals surface area contributed by atoms with Gasteiger partial charge in [0.1, 0.15) is 12.4 Å². The summed E-state index contributed by atoms with van der Waals surface area (Å²) >= 11 is 7.22. The quantitative estimate of drug-likeness (QED) is 0.186. The molecule has 0 aliphatic heterocycles. The molecule has 33 heavy (non-hydrogen) atoms. The van der Waals surface area contributed by atoms with Crippen molar-refractivity contribution in [3.63, 3.8) is 0 Å². The number of aryl methyl sites for hydroxylation is 2. The lowest BCUT2D eigenvalue weighted by Crippen LogP contribution is -2.15. The molecular formula is C22H22ClN5O4S. The van der Waals surface area contributed by atoms with Gasteiger partial charge < -0.3 is 10.1 Å². The topological polar surface area (TPSA) is 112 Å². The zero-order valence-corrected chi connectivity index (χ0v) is 19.7. The maximum absolute atomic E-state index is 12.4. The lowest BCUT2D eigenvalue weighted by atomic mass is 10.1. The molecule has 1 N–H and O–H groups in total. The van der Waals surface area contributed by atoms with Crippen molar-refractivity contribution in [2.45, 2.75) is 32.2 Å². The average molecular weight is 488 g/mol. The molecule has 3 aromatic rings. The minimum absolute atomic E-state index is 0.00618. The molecule has 3 rings (SSSR count). The molecule has 0 unspecified atom stereocenters. The van der Waals surface area contributed by atoms with Gasteiger partial charge in [-0.05, 0) is 43.2 Å². The van der Waals surface area contributed by atoms with Crippen LogP contribution in [0.15, 0.2) is 54.2 Å². The Morgan fingerprint density at radius 1 is 1.27 bits per heavy atom. The Morgan fingerprint density at radius 3 is 2.67 bits per heavy atom. The van der Waals surface area contributed by atoms with Gasteiger partial charge in [-0.2, -0.15) is 0 Å². The van der Waals surface area contributed by atoms with Crippen LogP contribution < -0.4 is 10.1 Å². The Labute approximate surface area is 200 Å². The van der Waals surface area contributed by atoms with Crippen molar-refractivity contribution in [2.75, 3.05) is 11.1 Å². The first-order valence-corrected chi connectivity index (χ1v) is 11.2. The van der Waals surface area contributed by atoms with E-state index in [-0.39, 0.29) is 34.7 Å². The third-order valence-corrected chi connectivity index (χ3v) is 5.73. The second-order valence-electron chi connectivity index (χ2n) is 7.17. The Bertz CT molecular complexity index is 1180. The number of nitrogens with one attached hydrogen (secondary N) is 1. The van der Waals surface area contributed by atoms with Crippen molar-refractivity contribution in [1.82, 2.24) is 14.8 Å². The van der Waals surface area contributed by atoms with Gasteiger partial charge in [-0.15, -0.1) is 16.8 Å². The molecular weight excluding hydrogens is 466 g/mol. The average Bonchev–Trinajstić information content (AvgIpc) is 3.13. The number of carbonyl (C=O) groups excluding carboxylic acids is 1. The molecule has 0 aliphatic rings. The second-order valence-corrected chi connectivity index (χ2v) is 8.52. The SMILES string of the molecule is C=CCn1c(COc2cc(C)cc(C)c2)nnc1SCC(=O)Nc1cc([N+](=O)[O-])ccc1Cl. The van der Waals surface area contributed by atoms with Crippen LogP contribution in [0.4, 0.5) is 11.4 Å². The molecule has 1 amide bonds. The fourth-order valence-electron chi connectivity index (χ4n) is 3.05. The molecule has 0 saturated carbocycles. The third-order valence-electron chi connectivity index (χ3n) is 4.44. The summed E-state index contributed by atoms with van der Waals surface area (Å²) in [6, 6.07) is 9.80. The van der Waals surface area contributed by atoms with Gasteiger partial charge in [0, 0.05) is 18.7 Å². The fraction of sp³-hybridized carbons (Fsp3) is 0.227. The number of ether oxygens (including phenoxy) is 1. The number of thioether (sulfide) groups is 1. The molecule has 0 saturated heterocycles. The van der Waals surface area contributed by atoms with Crippen molar-refractivity contribution in [2.24, 2.45) is 0 Å². The molecule has 1 heterocycles. The van der Waals surface area contributed by atoms with Crippen LogP contribution in [-0.4, -0.2) is 31.3 Å². The van der Waals surface area contributed by atoms with E-state index in [1.54, 1.807) is 6.08 Å². The lowest BCUT2D eigenvalue weighted by Gasteiger charge is -2.10. The van der Waals surface area contributed by atoms with E-state index >= 15 is 0 Å². The Hall–Kier alpha value is -3.37. The van der Waals surface area contributed by atoms with Crippen LogP contribution in [0.5, 0.6) is 5.75 Å². The second kappa shape index (κ2) is 11.0. The van der Waals surface area contributed by atoms with Crippen LogP contribution in [0.25, 0.3) is 0 Å². The summed E-state index contributed by atoms with van der Waals surface area (Å²) in [4.78, 5) is 22.8. The zero-order chi connectivity index (χ0) is 24.0. The van der Waals surface area contributed by atoms with Crippen molar-refractivity contribution < 1.29 is 14.5 Å². The van der Waals surface area contributed by atoms with Gasteiger partial charge in [0.05, 0.1) is 21.4 Å². The Kier molecular flexibility index (Phi) is 8.07. The van der Waals surface area contributed by atoms with E-state index in [9.17, 15) is 14.9 Å². The highest BCUT2D eigenvalue weighted by Gasteiger charge is 2.16. The van der Waals surface area contributed by atoms with E-state index in [1.807, 2.05) is 30.5 Å². The highest BCUT2D eigenvalue weighted by Crippen LogP contribution is 2.27. The molecule has 0 aliphatic carbocycles. The van der Waals surface area contributed by atoms with Gasteiger partial charge >= 0.3 is 0 Å². The fourth-order valence-corrected chi connectivity index (χ4v) is 3.98. The van der Waals surface area contributed by atoms with Crippen LogP contribution in [0.2, 0.25) is 5.02 Å². The summed E-state index contributed by atoms with van der Waals surface area (Å²) in [6.07, 6.45) is 1.71. The van der Waals surface area contributed by atoms with E-state index in [0.29, 0.717) is 17.5 Å². The first-order valence-electron chi connectivity index (χ1n) is 9.87. The van der Waals surface area contributed by atoms with Crippen LogP contribution in [-0.2, 0) is 17.9 Å². The first kappa shape index (κ1) is 24.3. The summed E-state index contributed by atoms with van der Waals surface area (Å²) in [5.41, 5.74) is 2.21. The maximum Gasteiger partial charge on any atom is 0.271 e. The molecule has 0 spiro atoms. The van der Waals surface area contributed by atoms with E-state index in [4.69, 9.17) is 16.3 Å². The van der Waals surface area contributed by atoms with Crippen molar-refractivity contribution in [3.8, 4) is 5.75 Å². The van der Waals surface area contributed by atoms with Crippen molar-refractivity contribution >= 4 is 40.6 Å². The highest BCUT2D eigenvalue weighted by atomic mass is 35.5. The number of halogens is 1. The van der Waals surface area contributed by atoms with Gasteiger partial charge in [0.15, 0.2) is 11.0 Å². The number of nitro benzene ring substituents is 1. The number of nitro groups is 1. The number of rotatable bonds is 10. The number of allylic oxidation sites excluding steroid dienone is 1. The smallest absolute Gasteiger partial charge is 0.271 e. The first-order chi connectivity index (χ1) is 15.8. The van der Waals surface area contributed by atoms with Crippen molar-refractivity contribution in [3.05, 3.63) is 81.1 Å². The standard InChI is InChI=1S/C22H22ClN5O4S/c1-4-7-27-20(12-32-17-9-14(2)8-15(3)10-17)25-26-22(27)33-13-21(29)24-19-11-16(28(30)31)5-6-18(19)23/h4-6,8-11H,1,7,12-13H2,2-3H3,(H,24,29). The zero-order valence-electron chi connectivity index (χ0n) is 18.1. The minimum atomic E-state index is -0.555. The van der Waals surface area contributed by atoms with E-state index in [2.05, 4.69) is 28.2 Å². The predicted octanol–water partition coefficient (Wildman–Crippen LogP) is 4.95. The van der Waals surface area contributed by atoms with E-state index in [0.717, 1.165) is 16.9 Å². The minimum Gasteiger partial charge on any atom is -0.486 e. The molecule has 172 valence electrons. The number of carbonyl (C=O) groups is 1. The van der Waals surface area contributed by atoms with E-state index < -0.39 is 4.92 Å². The maximum atomic E-state index is 12.4. The lowest BCUT2D eigenvalue weighted by molar-refractivity contribution is -0.384. The summed E-state index contributed by atoms with van der Waals surface area (Å²) in [5, 5.41) is 22.6. The molecule has 0 bridgehead atoms. The van der Waals surface area contributed by atoms with Crippen LogP contribution in [0, 0.1) is 24.0 Å². The number of hydrogen-bond acceptors (Lipinski definition) is 7.